The van der Waals surface area contributed by atoms with E-state index in [9.17, 15) is 0 Å². The third-order valence-electron chi connectivity index (χ3n) is 11.4. The van der Waals surface area contributed by atoms with Crippen molar-refractivity contribution >= 4 is 49.8 Å². The molecular formula is C47H37NO. The Labute approximate surface area is 287 Å². The Bertz CT molecular complexity index is 2470. The highest BCUT2D eigenvalue weighted by atomic mass is 16.3. The minimum absolute atomic E-state index is 0.694. The summed E-state index contributed by atoms with van der Waals surface area (Å²) in [5.74, 6) is 2.46. The Morgan fingerprint density at radius 3 is 2.02 bits per heavy atom. The Balaban J connectivity index is 1.20. The summed E-state index contributed by atoms with van der Waals surface area (Å²) in [4.78, 5) is 2.43. The second-order valence-corrected chi connectivity index (χ2v) is 14.1. The average Bonchev–Trinajstić information content (AvgIpc) is 3.91. The van der Waals surface area contributed by atoms with Crippen LogP contribution in [0.1, 0.15) is 37.2 Å². The van der Waals surface area contributed by atoms with Crippen molar-refractivity contribution in [3.63, 3.8) is 0 Å². The Kier molecular flexibility index (Phi) is 6.68. The van der Waals surface area contributed by atoms with Crippen molar-refractivity contribution in [1.82, 2.24) is 0 Å². The van der Waals surface area contributed by atoms with Crippen molar-refractivity contribution in [1.29, 1.82) is 0 Å². The van der Waals surface area contributed by atoms with Crippen molar-refractivity contribution in [2.45, 2.75) is 31.6 Å². The van der Waals surface area contributed by atoms with Gasteiger partial charge in [-0.05, 0) is 100 Å². The van der Waals surface area contributed by atoms with E-state index in [-0.39, 0.29) is 0 Å². The number of benzene rings is 7. The molecule has 2 nitrogen and oxygen atoms in total. The number of anilines is 3. The molecule has 49 heavy (non-hydrogen) atoms. The molecule has 3 unspecified atom stereocenters. The summed E-state index contributed by atoms with van der Waals surface area (Å²) in [5, 5.41) is 4.76. The van der Waals surface area contributed by atoms with Crippen LogP contribution in [0.4, 0.5) is 17.1 Å². The third-order valence-corrected chi connectivity index (χ3v) is 11.4. The van der Waals surface area contributed by atoms with Gasteiger partial charge < -0.3 is 9.32 Å². The molecule has 0 spiro atoms. The quantitative estimate of drug-likeness (QED) is 0.182. The lowest BCUT2D eigenvalue weighted by atomic mass is 9.83. The maximum Gasteiger partial charge on any atom is 0.159 e. The molecule has 2 heteroatoms. The zero-order chi connectivity index (χ0) is 32.3. The molecule has 0 radical (unpaired) electrons. The minimum Gasteiger partial charge on any atom is -0.454 e. The molecule has 2 fully saturated rings. The largest absolute Gasteiger partial charge is 0.454 e. The molecule has 10 rings (SSSR count). The standard InChI is InChI=1S/C47H37NO/c1-2-11-32(12-3-1)37-17-8-13-34-14-9-18-40(46(34)37)38-15-4-6-20-43(38)48(36-27-25-33(26-28-36)42-30-31-23-24-35(42)29-31)44-21-10-19-41-39-16-5-7-22-45(39)49-47(41)44/h1-22,25-28,31,35,42H,23-24,29-30H2. The second kappa shape index (κ2) is 11.5. The van der Waals surface area contributed by atoms with Crippen LogP contribution in [-0.2, 0) is 0 Å². The lowest BCUT2D eigenvalue weighted by Gasteiger charge is -2.29. The summed E-state index contributed by atoms with van der Waals surface area (Å²) < 4.78 is 6.70. The van der Waals surface area contributed by atoms with Gasteiger partial charge in [0.05, 0.1) is 11.4 Å². The van der Waals surface area contributed by atoms with E-state index in [4.69, 9.17) is 4.42 Å². The fourth-order valence-electron chi connectivity index (χ4n) is 9.16. The minimum atomic E-state index is 0.694. The van der Waals surface area contributed by atoms with Gasteiger partial charge in [-0.2, -0.15) is 0 Å². The Morgan fingerprint density at radius 2 is 1.20 bits per heavy atom. The number of fused-ring (bicyclic) bond motifs is 6. The fourth-order valence-corrected chi connectivity index (χ4v) is 9.16. The van der Waals surface area contributed by atoms with E-state index in [1.807, 2.05) is 0 Å². The molecule has 2 aliphatic rings. The maximum atomic E-state index is 6.70. The van der Waals surface area contributed by atoms with Crippen molar-refractivity contribution in [3.8, 4) is 22.3 Å². The van der Waals surface area contributed by atoms with Crippen LogP contribution in [0.3, 0.4) is 0 Å². The van der Waals surface area contributed by atoms with E-state index in [1.54, 1.807) is 0 Å². The summed E-state index contributed by atoms with van der Waals surface area (Å²) >= 11 is 0. The predicted molar refractivity (Wildman–Crippen MR) is 205 cm³/mol. The number of para-hydroxylation sites is 3. The average molecular weight is 632 g/mol. The molecule has 0 amide bonds. The van der Waals surface area contributed by atoms with Crippen LogP contribution >= 0.6 is 0 Å². The summed E-state index contributed by atoms with van der Waals surface area (Å²) in [7, 11) is 0. The van der Waals surface area contributed by atoms with Gasteiger partial charge in [0.15, 0.2) is 5.58 Å². The van der Waals surface area contributed by atoms with E-state index in [0.717, 1.165) is 50.8 Å². The molecule has 236 valence electrons. The van der Waals surface area contributed by atoms with Crippen LogP contribution in [0.2, 0.25) is 0 Å². The van der Waals surface area contributed by atoms with Crippen LogP contribution in [0, 0.1) is 11.8 Å². The first kappa shape index (κ1) is 28.4. The highest BCUT2D eigenvalue weighted by molar-refractivity contribution is 6.12. The van der Waals surface area contributed by atoms with Gasteiger partial charge in [-0.3, -0.25) is 0 Å². The van der Waals surface area contributed by atoms with Crippen LogP contribution < -0.4 is 4.90 Å². The molecule has 2 aliphatic carbocycles. The third kappa shape index (κ3) is 4.70. The van der Waals surface area contributed by atoms with Crippen molar-refractivity contribution in [2.75, 3.05) is 4.90 Å². The van der Waals surface area contributed by atoms with Gasteiger partial charge in [0.1, 0.15) is 5.58 Å². The number of hydrogen-bond acceptors (Lipinski definition) is 2. The molecule has 8 aromatic rings. The number of rotatable bonds is 6. The lowest BCUT2D eigenvalue weighted by molar-refractivity contribution is 0.420. The summed E-state index contributed by atoms with van der Waals surface area (Å²) in [6.07, 6.45) is 5.57. The molecule has 1 heterocycles. The zero-order valence-electron chi connectivity index (χ0n) is 27.4. The molecule has 2 bridgehead atoms. The fraction of sp³-hybridized carbons (Fsp3) is 0.149. The van der Waals surface area contributed by atoms with E-state index in [1.165, 1.54) is 64.3 Å². The topological polar surface area (TPSA) is 16.4 Å². The van der Waals surface area contributed by atoms with Gasteiger partial charge in [-0.25, -0.2) is 0 Å². The van der Waals surface area contributed by atoms with Crippen LogP contribution in [0.15, 0.2) is 162 Å². The molecule has 0 aliphatic heterocycles. The SMILES string of the molecule is c1ccc(-c2cccc3cccc(-c4ccccc4N(c4ccc(C5CC6CCC5C6)cc4)c4cccc5c4oc4ccccc45)c23)cc1. The molecule has 3 atom stereocenters. The highest BCUT2D eigenvalue weighted by Gasteiger charge is 2.40. The lowest BCUT2D eigenvalue weighted by Crippen LogP contribution is -2.12. The zero-order valence-corrected chi connectivity index (χ0v) is 27.4. The Hall–Kier alpha value is -5.60. The van der Waals surface area contributed by atoms with Gasteiger partial charge in [-0.1, -0.05) is 134 Å². The summed E-state index contributed by atoms with van der Waals surface area (Å²) in [5.41, 5.74) is 11.5. The first-order chi connectivity index (χ1) is 24.3. The molecular weight excluding hydrogens is 595 g/mol. The summed E-state index contributed by atoms with van der Waals surface area (Å²) in [6.45, 7) is 0. The molecule has 0 saturated heterocycles. The summed E-state index contributed by atoms with van der Waals surface area (Å²) in [6, 6.07) is 57.5. The van der Waals surface area contributed by atoms with Crippen LogP contribution in [0.25, 0.3) is 55.0 Å². The number of hydrogen-bond donors (Lipinski definition) is 0. The van der Waals surface area contributed by atoms with Gasteiger partial charge in [0, 0.05) is 22.0 Å². The van der Waals surface area contributed by atoms with Crippen molar-refractivity contribution < 1.29 is 4.42 Å². The molecule has 7 aromatic carbocycles. The van der Waals surface area contributed by atoms with Gasteiger partial charge in [-0.15, -0.1) is 0 Å². The van der Waals surface area contributed by atoms with Crippen molar-refractivity contribution in [3.05, 3.63) is 163 Å². The van der Waals surface area contributed by atoms with Gasteiger partial charge >= 0.3 is 0 Å². The Morgan fingerprint density at radius 1 is 0.510 bits per heavy atom. The molecule has 0 N–H and O–H groups in total. The first-order valence-electron chi connectivity index (χ1n) is 17.8. The normalized spacial score (nSPS) is 18.5. The number of nitrogens with zero attached hydrogens (tertiary/aromatic N) is 1. The monoisotopic (exact) mass is 631 g/mol. The highest BCUT2D eigenvalue weighted by Crippen LogP contribution is 2.53. The van der Waals surface area contributed by atoms with Gasteiger partial charge in [0.2, 0.25) is 0 Å². The molecule has 2 saturated carbocycles. The van der Waals surface area contributed by atoms with E-state index >= 15 is 0 Å². The molecule has 1 aromatic heterocycles. The number of furan rings is 1. The smallest absolute Gasteiger partial charge is 0.159 e. The van der Waals surface area contributed by atoms with Crippen molar-refractivity contribution in [2.24, 2.45) is 11.8 Å². The van der Waals surface area contributed by atoms with E-state index in [0.29, 0.717) is 5.92 Å². The second-order valence-electron chi connectivity index (χ2n) is 14.1. The van der Waals surface area contributed by atoms with Gasteiger partial charge in [0.25, 0.3) is 0 Å². The maximum absolute atomic E-state index is 6.70. The van der Waals surface area contributed by atoms with Crippen LogP contribution in [-0.4, -0.2) is 0 Å². The van der Waals surface area contributed by atoms with E-state index < -0.39 is 0 Å². The predicted octanol–water partition coefficient (Wildman–Crippen LogP) is 13.4. The first-order valence-corrected chi connectivity index (χ1v) is 17.8. The van der Waals surface area contributed by atoms with Crippen LogP contribution in [0.5, 0.6) is 0 Å². The van der Waals surface area contributed by atoms with E-state index in [2.05, 4.69) is 163 Å².